The van der Waals surface area contributed by atoms with Crippen LogP contribution in [0.4, 0.5) is 0 Å². The highest BCUT2D eigenvalue weighted by atomic mass is 16.7. The van der Waals surface area contributed by atoms with Gasteiger partial charge in [-0.2, -0.15) is 0 Å². The van der Waals surface area contributed by atoms with E-state index in [1.807, 2.05) is 48.5 Å². The normalized spacial score (nSPS) is 15.3. The topological polar surface area (TPSA) is 68.9 Å². The summed E-state index contributed by atoms with van der Waals surface area (Å²) < 4.78 is 5.82. The Morgan fingerprint density at radius 3 is 2.34 bits per heavy atom. The molecule has 2 aliphatic rings. The number of furan rings is 1. The minimum absolute atomic E-state index is 0.112. The van der Waals surface area contributed by atoms with Crippen molar-refractivity contribution < 1.29 is 18.8 Å². The van der Waals surface area contributed by atoms with Gasteiger partial charge in [-0.05, 0) is 77.3 Å². The number of oxime groups is 1. The lowest BCUT2D eigenvalue weighted by atomic mass is 9.85. The lowest BCUT2D eigenvalue weighted by Gasteiger charge is -2.21. The molecule has 6 rings (SSSR count). The van der Waals surface area contributed by atoms with Crippen LogP contribution in [0.5, 0.6) is 0 Å². The molecule has 1 aromatic heterocycles. The summed E-state index contributed by atoms with van der Waals surface area (Å²) in [6, 6.07) is 21.7. The molecule has 192 valence electrons. The first-order valence-electron chi connectivity index (χ1n) is 13.6. The lowest BCUT2D eigenvalue weighted by Crippen LogP contribution is -2.11. The van der Waals surface area contributed by atoms with E-state index in [2.05, 4.69) is 23.4 Å². The molecule has 1 fully saturated rings. The van der Waals surface area contributed by atoms with Gasteiger partial charge in [0, 0.05) is 17.9 Å². The summed E-state index contributed by atoms with van der Waals surface area (Å²) in [6.45, 7) is 1.38. The summed E-state index contributed by atoms with van der Waals surface area (Å²) in [4.78, 5) is 29.8. The SMILES string of the molecule is CC(=O)ON=C(CCC1CCCCC1)c1ccc2c(c1)Cc1cc(C(=O)c3cc4ccccc4o3)ccc1-2. The summed E-state index contributed by atoms with van der Waals surface area (Å²) in [5.74, 6) is 0.551. The standard InChI is InChI=1S/C33H31NO4/c1-21(35)38-34-30(16-11-22-7-3-2-4-8-22)23-12-14-28-26(17-23)19-27-18-25(13-15-29(27)28)33(36)32-20-24-9-5-6-10-31(24)37-32/h5-6,9-10,12-15,17-18,20,22H,2-4,7-8,11,16,19H2,1H3. The van der Waals surface area contributed by atoms with Gasteiger partial charge in [-0.15, -0.1) is 0 Å². The second kappa shape index (κ2) is 10.4. The maximum Gasteiger partial charge on any atom is 0.331 e. The average molecular weight is 506 g/mol. The van der Waals surface area contributed by atoms with Gasteiger partial charge in [0.25, 0.3) is 0 Å². The molecular weight excluding hydrogens is 474 g/mol. The van der Waals surface area contributed by atoms with E-state index < -0.39 is 5.97 Å². The van der Waals surface area contributed by atoms with Crippen molar-refractivity contribution in [2.75, 3.05) is 0 Å². The van der Waals surface area contributed by atoms with Gasteiger partial charge in [-0.3, -0.25) is 4.79 Å². The molecule has 1 saturated carbocycles. The molecule has 0 unspecified atom stereocenters. The Morgan fingerprint density at radius 1 is 0.895 bits per heavy atom. The van der Waals surface area contributed by atoms with Gasteiger partial charge in [0.05, 0.1) is 5.71 Å². The Bertz CT molecular complexity index is 1520. The number of rotatable bonds is 7. The van der Waals surface area contributed by atoms with Gasteiger partial charge in [0.2, 0.25) is 5.78 Å². The van der Waals surface area contributed by atoms with Gasteiger partial charge < -0.3 is 9.25 Å². The molecule has 5 nitrogen and oxygen atoms in total. The summed E-state index contributed by atoms with van der Waals surface area (Å²) in [7, 11) is 0. The molecule has 0 saturated heterocycles. The number of carbonyl (C=O) groups is 2. The lowest BCUT2D eigenvalue weighted by molar-refractivity contribution is -0.140. The largest absolute Gasteiger partial charge is 0.453 e. The fraction of sp³-hybridized carbons (Fsp3) is 0.303. The molecule has 0 bridgehead atoms. The maximum atomic E-state index is 13.2. The van der Waals surface area contributed by atoms with Crippen LogP contribution in [-0.4, -0.2) is 17.5 Å². The molecule has 0 amide bonds. The molecule has 3 aromatic carbocycles. The predicted octanol–water partition coefficient (Wildman–Crippen LogP) is 7.86. The number of fused-ring (bicyclic) bond motifs is 4. The van der Waals surface area contributed by atoms with Crippen molar-refractivity contribution in [1.82, 2.24) is 0 Å². The molecule has 5 heteroatoms. The predicted molar refractivity (Wildman–Crippen MR) is 148 cm³/mol. The molecule has 0 radical (unpaired) electrons. The zero-order valence-electron chi connectivity index (χ0n) is 21.7. The first kappa shape index (κ1) is 24.4. The summed E-state index contributed by atoms with van der Waals surface area (Å²) in [5, 5.41) is 5.18. The number of nitrogens with zero attached hydrogens (tertiary/aromatic N) is 1. The smallest absolute Gasteiger partial charge is 0.331 e. The first-order valence-corrected chi connectivity index (χ1v) is 13.6. The van der Waals surface area contributed by atoms with E-state index in [-0.39, 0.29) is 5.78 Å². The van der Waals surface area contributed by atoms with E-state index in [1.165, 1.54) is 50.2 Å². The number of para-hydroxylation sites is 1. The van der Waals surface area contributed by atoms with Gasteiger partial charge in [0.1, 0.15) is 5.58 Å². The number of hydrogen-bond donors (Lipinski definition) is 0. The van der Waals surface area contributed by atoms with E-state index in [1.54, 1.807) is 0 Å². The minimum Gasteiger partial charge on any atom is -0.453 e. The second-order valence-corrected chi connectivity index (χ2v) is 10.6. The van der Waals surface area contributed by atoms with Gasteiger partial charge in [-0.1, -0.05) is 79.7 Å². The fourth-order valence-corrected chi connectivity index (χ4v) is 5.95. The van der Waals surface area contributed by atoms with Gasteiger partial charge in [-0.25, -0.2) is 4.79 Å². The Kier molecular flexibility index (Phi) is 6.67. The van der Waals surface area contributed by atoms with E-state index in [4.69, 9.17) is 9.25 Å². The summed E-state index contributed by atoms with van der Waals surface area (Å²) in [5.41, 5.74) is 7.79. The van der Waals surface area contributed by atoms with E-state index in [0.29, 0.717) is 22.8 Å². The molecule has 0 aliphatic heterocycles. The molecule has 4 aromatic rings. The first-order chi connectivity index (χ1) is 18.5. The molecule has 0 spiro atoms. The van der Waals surface area contributed by atoms with Gasteiger partial charge >= 0.3 is 5.97 Å². The number of benzene rings is 3. The van der Waals surface area contributed by atoms with Crippen LogP contribution in [0.3, 0.4) is 0 Å². The Morgan fingerprint density at radius 2 is 1.61 bits per heavy atom. The Balaban J connectivity index is 1.23. The van der Waals surface area contributed by atoms with Crippen molar-refractivity contribution in [1.29, 1.82) is 0 Å². The zero-order valence-corrected chi connectivity index (χ0v) is 21.7. The van der Waals surface area contributed by atoms with Crippen LogP contribution < -0.4 is 0 Å². The molecule has 1 heterocycles. The van der Waals surface area contributed by atoms with Crippen LogP contribution >= 0.6 is 0 Å². The van der Waals surface area contributed by atoms with E-state index in [9.17, 15) is 9.59 Å². The van der Waals surface area contributed by atoms with Crippen LogP contribution in [0, 0.1) is 5.92 Å². The second-order valence-electron chi connectivity index (χ2n) is 10.6. The minimum atomic E-state index is -0.407. The van der Waals surface area contributed by atoms with E-state index >= 15 is 0 Å². The third-order valence-corrected chi connectivity index (χ3v) is 7.92. The third kappa shape index (κ3) is 4.93. The molecule has 2 aliphatic carbocycles. The van der Waals surface area contributed by atoms with Crippen molar-refractivity contribution in [3.63, 3.8) is 0 Å². The number of ketones is 1. The zero-order chi connectivity index (χ0) is 26.1. The number of hydrogen-bond acceptors (Lipinski definition) is 5. The van der Waals surface area contributed by atoms with Crippen molar-refractivity contribution in [3.05, 3.63) is 94.7 Å². The van der Waals surface area contributed by atoms with Crippen LogP contribution in [0.15, 0.2) is 76.3 Å². The van der Waals surface area contributed by atoms with Crippen LogP contribution in [0.2, 0.25) is 0 Å². The molecule has 0 N–H and O–H groups in total. The molecule has 38 heavy (non-hydrogen) atoms. The molecule has 0 atom stereocenters. The van der Waals surface area contributed by atoms with Crippen LogP contribution in [0.1, 0.15) is 84.7 Å². The molecular formula is C33H31NO4. The summed E-state index contributed by atoms with van der Waals surface area (Å²) in [6.07, 6.45) is 9.08. The van der Waals surface area contributed by atoms with Crippen molar-refractivity contribution in [2.45, 2.75) is 58.3 Å². The Labute approximate surface area is 222 Å². The Hall–Kier alpha value is -3.99. The quantitative estimate of drug-likeness (QED) is 0.0977. The third-order valence-electron chi connectivity index (χ3n) is 7.92. The maximum absolute atomic E-state index is 13.2. The van der Waals surface area contributed by atoms with Gasteiger partial charge in [0.15, 0.2) is 5.76 Å². The van der Waals surface area contributed by atoms with Crippen LogP contribution in [-0.2, 0) is 16.1 Å². The highest BCUT2D eigenvalue weighted by Gasteiger charge is 2.23. The van der Waals surface area contributed by atoms with Crippen molar-refractivity contribution >= 4 is 28.4 Å². The summed E-state index contributed by atoms with van der Waals surface area (Å²) >= 11 is 0. The monoisotopic (exact) mass is 505 g/mol. The highest BCUT2D eigenvalue weighted by molar-refractivity contribution is 6.09. The van der Waals surface area contributed by atoms with Crippen molar-refractivity contribution in [2.24, 2.45) is 11.1 Å². The fourth-order valence-electron chi connectivity index (χ4n) is 5.95. The average Bonchev–Trinajstić information content (AvgIpc) is 3.53. The number of carbonyl (C=O) groups excluding carboxylic acids is 2. The highest BCUT2D eigenvalue weighted by Crippen LogP contribution is 2.38. The van der Waals surface area contributed by atoms with Crippen molar-refractivity contribution in [3.8, 4) is 11.1 Å². The van der Waals surface area contributed by atoms with Crippen LogP contribution in [0.25, 0.3) is 22.1 Å². The van der Waals surface area contributed by atoms with E-state index in [0.717, 1.165) is 47.1 Å².